The number of rotatable bonds is 8. The second-order valence-corrected chi connectivity index (χ2v) is 6.25. The van der Waals surface area contributed by atoms with Crippen molar-refractivity contribution in [3.05, 3.63) is 41.1 Å². The Bertz CT molecular complexity index is 544. The number of benzene rings is 1. The molecule has 1 aromatic carbocycles. The summed E-state index contributed by atoms with van der Waals surface area (Å²) in [6.45, 7) is 11.2. The van der Waals surface area contributed by atoms with Gasteiger partial charge >= 0.3 is 6.18 Å². The third-order valence-corrected chi connectivity index (χ3v) is 4.22. The van der Waals surface area contributed by atoms with Crippen LogP contribution >= 0.6 is 0 Å². The van der Waals surface area contributed by atoms with Gasteiger partial charge in [0.1, 0.15) is 0 Å². The van der Waals surface area contributed by atoms with Gasteiger partial charge in [0.2, 0.25) is 0 Å². The van der Waals surface area contributed by atoms with Crippen molar-refractivity contribution in [2.24, 2.45) is 0 Å². The van der Waals surface area contributed by atoms with Crippen LogP contribution in [0.1, 0.15) is 46.1 Å². The van der Waals surface area contributed by atoms with Crippen LogP contribution in [-0.2, 0) is 6.18 Å². The Hall–Kier alpha value is -1.49. The lowest BCUT2D eigenvalue weighted by Gasteiger charge is -2.27. The number of anilines is 1. The molecule has 5 heteroatoms. The van der Waals surface area contributed by atoms with Crippen molar-refractivity contribution in [3.63, 3.8) is 0 Å². The quantitative estimate of drug-likeness (QED) is 0.610. The molecule has 0 radical (unpaired) electrons. The van der Waals surface area contributed by atoms with Gasteiger partial charge in [-0.3, -0.25) is 4.90 Å². The van der Waals surface area contributed by atoms with Gasteiger partial charge in [-0.15, -0.1) is 0 Å². The van der Waals surface area contributed by atoms with E-state index in [-0.39, 0.29) is 0 Å². The summed E-state index contributed by atoms with van der Waals surface area (Å²) in [5.41, 5.74) is 2.11. The first-order valence-electron chi connectivity index (χ1n) is 8.50. The van der Waals surface area contributed by atoms with Gasteiger partial charge in [0.25, 0.3) is 0 Å². The predicted molar refractivity (Wildman–Crippen MR) is 95.2 cm³/mol. The van der Waals surface area contributed by atoms with Crippen molar-refractivity contribution in [1.82, 2.24) is 4.90 Å². The highest BCUT2D eigenvalue weighted by Gasteiger charge is 2.30. The van der Waals surface area contributed by atoms with Crippen LogP contribution in [0.5, 0.6) is 0 Å². The number of hydrogen-bond donors (Lipinski definition) is 0. The standard InChI is InChI=1S/C19H29F3N2/c1-6-11-24(12-7-2)14-15(3)16(4)23(5)18-10-8-9-17(13-18)19(20,21)22/h8-10,13H,6-7,11-12,14H2,1-5H3/b16-15+. The molecule has 0 aliphatic carbocycles. The van der Waals surface area contributed by atoms with Gasteiger partial charge in [-0.1, -0.05) is 19.9 Å². The first kappa shape index (κ1) is 20.6. The number of nitrogens with zero attached hydrogens (tertiary/aromatic N) is 2. The van der Waals surface area contributed by atoms with Gasteiger partial charge in [0, 0.05) is 25.0 Å². The van der Waals surface area contributed by atoms with Gasteiger partial charge in [-0.05, 0) is 63.6 Å². The van der Waals surface area contributed by atoms with E-state index in [0.29, 0.717) is 5.69 Å². The van der Waals surface area contributed by atoms with Crippen molar-refractivity contribution in [1.29, 1.82) is 0 Å². The summed E-state index contributed by atoms with van der Waals surface area (Å²) in [4.78, 5) is 4.22. The molecule has 0 spiro atoms. The van der Waals surface area contributed by atoms with Crippen LogP contribution in [0, 0.1) is 0 Å². The highest BCUT2D eigenvalue weighted by atomic mass is 19.4. The second kappa shape index (κ2) is 9.11. The smallest absolute Gasteiger partial charge is 0.348 e. The molecule has 0 aromatic heterocycles. The van der Waals surface area contributed by atoms with Crippen LogP contribution in [0.25, 0.3) is 0 Å². The lowest BCUT2D eigenvalue weighted by Crippen LogP contribution is -2.29. The summed E-state index contributed by atoms with van der Waals surface area (Å²) in [5.74, 6) is 0. The molecule has 0 fully saturated rings. The molecule has 0 bridgehead atoms. The molecular formula is C19H29F3N2. The van der Waals surface area contributed by atoms with Crippen LogP contribution in [0.3, 0.4) is 0 Å². The summed E-state index contributed by atoms with van der Waals surface area (Å²) in [7, 11) is 1.82. The van der Waals surface area contributed by atoms with Crippen molar-refractivity contribution in [2.45, 2.75) is 46.7 Å². The Labute approximate surface area is 144 Å². The molecule has 0 N–H and O–H groups in total. The second-order valence-electron chi connectivity index (χ2n) is 6.25. The van der Waals surface area contributed by atoms with Crippen LogP contribution in [0.15, 0.2) is 35.5 Å². The van der Waals surface area contributed by atoms with E-state index in [1.165, 1.54) is 17.7 Å². The van der Waals surface area contributed by atoms with Gasteiger partial charge in [0.15, 0.2) is 0 Å². The first-order chi connectivity index (χ1) is 11.2. The molecule has 0 unspecified atom stereocenters. The molecule has 2 nitrogen and oxygen atoms in total. The average Bonchev–Trinajstić information content (AvgIpc) is 2.53. The molecule has 1 rings (SSSR count). The maximum atomic E-state index is 12.9. The number of allylic oxidation sites excluding steroid dienone is 1. The molecule has 1 aromatic rings. The minimum Gasteiger partial charge on any atom is -0.348 e. The number of halogens is 3. The van der Waals surface area contributed by atoms with Crippen LogP contribution in [-0.4, -0.2) is 31.6 Å². The molecule has 0 heterocycles. The molecule has 0 atom stereocenters. The maximum absolute atomic E-state index is 12.9. The summed E-state index contributed by atoms with van der Waals surface area (Å²) in [5, 5.41) is 0. The Morgan fingerprint density at radius 2 is 1.62 bits per heavy atom. The van der Waals surface area contributed by atoms with Crippen molar-refractivity contribution < 1.29 is 13.2 Å². The molecule has 136 valence electrons. The van der Waals surface area contributed by atoms with E-state index in [4.69, 9.17) is 0 Å². The topological polar surface area (TPSA) is 6.48 Å². The normalized spacial score (nSPS) is 13.2. The number of hydrogen-bond acceptors (Lipinski definition) is 2. The number of alkyl halides is 3. The zero-order valence-electron chi connectivity index (χ0n) is 15.4. The zero-order chi connectivity index (χ0) is 18.3. The van der Waals surface area contributed by atoms with E-state index in [1.807, 2.05) is 18.9 Å². The zero-order valence-corrected chi connectivity index (χ0v) is 15.4. The first-order valence-corrected chi connectivity index (χ1v) is 8.50. The summed E-state index contributed by atoms with van der Waals surface area (Å²) in [6, 6.07) is 5.47. The fraction of sp³-hybridized carbons (Fsp3) is 0.579. The largest absolute Gasteiger partial charge is 0.416 e. The van der Waals surface area contributed by atoms with E-state index in [9.17, 15) is 13.2 Å². The van der Waals surface area contributed by atoms with Gasteiger partial charge in [-0.2, -0.15) is 13.2 Å². The maximum Gasteiger partial charge on any atom is 0.416 e. The summed E-state index contributed by atoms with van der Waals surface area (Å²) < 4.78 is 38.7. The summed E-state index contributed by atoms with van der Waals surface area (Å²) >= 11 is 0. The van der Waals surface area contributed by atoms with E-state index in [0.717, 1.165) is 44.2 Å². The third kappa shape index (κ3) is 5.86. The molecular weight excluding hydrogens is 313 g/mol. The predicted octanol–water partition coefficient (Wildman–Crippen LogP) is 5.56. The van der Waals surface area contributed by atoms with E-state index < -0.39 is 11.7 Å². The van der Waals surface area contributed by atoms with Crippen molar-refractivity contribution >= 4 is 5.69 Å². The molecule has 0 aliphatic heterocycles. The highest BCUT2D eigenvalue weighted by Crippen LogP contribution is 2.32. The van der Waals surface area contributed by atoms with Crippen molar-refractivity contribution in [2.75, 3.05) is 31.6 Å². The van der Waals surface area contributed by atoms with Gasteiger partial charge in [0.05, 0.1) is 5.56 Å². The Balaban J connectivity index is 2.97. The molecule has 24 heavy (non-hydrogen) atoms. The monoisotopic (exact) mass is 342 g/mol. The van der Waals surface area contributed by atoms with Gasteiger partial charge < -0.3 is 4.90 Å². The van der Waals surface area contributed by atoms with Crippen LogP contribution < -0.4 is 4.90 Å². The molecule has 0 amide bonds. The Kier molecular flexibility index (Phi) is 7.80. The highest BCUT2D eigenvalue weighted by molar-refractivity contribution is 5.53. The molecule has 0 saturated carbocycles. The van der Waals surface area contributed by atoms with E-state index in [2.05, 4.69) is 25.7 Å². The lowest BCUT2D eigenvalue weighted by atomic mass is 10.1. The minimum absolute atomic E-state index is 0.555. The van der Waals surface area contributed by atoms with Crippen molar-refractivity contribution in [3.8, 4) is 0 Å². The SMILES string of the molecule is CCCN(CCC)C/C(C)=C(\C)N(C)c1cccc(C(F)(F)F)c1. The van der Waals surface area contributed by atoms with E-state index >= 15 is 0 Å². The summed E-state index contributed by atoms with van der Waals surface area (Å²) in [6.07, 6.45) is -2.13. The molecule has 0 saturated heterocycles. The average molecular weight is 342 g/mol. The minimum atomic E-state index is -4.32. The van der Waals surface area contributed by atoms with Gasteiger partial charge in [-0.25, -0.2) is 0 Å². The fourth-order valence-corrected chi connectivity index (χ4v) is 2.72. The third-order valence-electron chi connectivity index (χ3n) is 4.22. The Morgan fingerprint density at radius 1 is 1.04 bits per heavy atom. The van der Waals surface area contributed by atoms with Crippen LogP contribution in [0.2, 0.25) is 0 Å². The van der Waals surface area contributed by atoms with Crippen LogP contribution in [0.4, 0.5) is 18.9 Å². The van der Waals surface area contributed by atoms with E-state index in [1.54, 1.807) is 6.07 Å². The fourth-order valence-electron chi connectivity index (χ4n) is 2.72. The molecule has 0 aliphatic rings. The Morgan fingerprint density at radius 3 is 2.12 bits per heavy atom. The lowest BCUT2D eigenvalue weighted by molar-refractivity contribution is -0.137.